The topological polar surface area (TPSA) is 63.6 Å². The quantitative estimate of drug-likeness (QED) is 0.529. The van der Waals surface area contributed by atoms with E-state index in [1.54, 1.807) is 0 Å². The monoisotopic (exact) mass is 324 g/mol. The van der Waals surface area contributed by atoms with E-state index in [1.807, 2.05) is 0 Å². The Kier molecular flexibility index (Phi) is 4.50. The fourth-order valence-electron chi connectivity index (χ4n) is 1.71. The van der Waals surface area contributed by atoms with Crippen molar-refractivity contribution in [1.82, 2.24) is 0 Å². The predicted molar refractivity (Wildman–Crippen MR) is 79.3 cm³/mol. The summed E-state index contributed by atoms with van der Waals surface area (Å²) in [5.74, 6) is -0.737. The van der Waals surface area contributed by atoms with Crippen molar-refractivity contribution < 1.29 is 19.4 Å². The van der Waals surface area contributed by atoms with Crippen molar-refractivity contribution in [2.45, 2.75) is 6.92 Å². The van der Waals surface area contributed by atoms with Crippen molar-refractivity contribution >= 4 is 35.0 Å². The van der Waals surface area contributed by atoms with E-state index in [-0.39, 0.29) is 32.9 Å². The van der Waals surface area contributed by atoms with E-state index in [0.717, 1.165) is 0 Å². The molecule has 0 spiro atoms. The molecule has 2 rings (SSSR count). The van der Waals surface area contributed by atoms with Gasteiger partial charge in [-0.2, -0.15) is 0 Å². The Morgan fingerprint density at radius 2 is 1.62 bits per heavy atom. The lowest BCUT2D eigenvalue weighted by Crippen LogP contribution is -2.05. The normalized spacial score (nSPS) is 10.2. The zero-order valence-corrected chi connectivity index (χ0v) is 12.4. The third-order valence-corrected chi connectivity index (χ3v) is 3.54. The van der Waals surface area contributed by atoms with Crippen LogP contribution in [-0.2, 0) is 4.79 Å². The number of rotatable bonds is 3. The smallest absolute Gasteiger partial charge is 0.308 e. The minimum absolute atomic E-state index is 0.00325. The van der Waals surface area contributed by atoms with Crippen LogP contribution in [0.15, 0.2) is 36.4 Å². The number of carbonyl (C=O) groups excluding carboxylic acids is 2. The lowest BCUT2D eigenvalue weighted by Gasteiger charge is -2.09. The van der Waals surface area contributed by atoms with Gasteiger partial charge in [0.15, 0.2) is 11.5 Å². The first kappa shape index (κ1) is 15.4. The van der Waals surface area contributed by atoms with Gasteiger partial charge in [-0.3, -0.25) is 9.59 Å². The summed E-state index contributed by atoms with van der Waals surface area (Å²) in [7, 11) is 0. The Morgan fingerprint density at radius 1 is 1.00 bits per heavy atom. The molecule has 0 aliphatic carbocycles. The van der Waals surface area contributed by atoms with Gasteiger partial charge in [-0.1, -0.05) is 23.2 Å². The SMILES string of the molecule is CC(=O)Oc1ccc(C(=O)c2ccc(O)cc2)c(Cl)c1Cl. The molecular weight excluding hydrogens is 315 g/mol. The molecule has 108 valence electrons. The molecule has 0 amide bonds. The van der Waals surface area contributed by atoms with Gasteiger partial charge >= 0.3 is 5.97 Å². The second-order valence-corrected chi connectivity index (χ2v) is 4.96. The largest absolute Gasteiger partial charge is 0.508 e. The summed E-state index contributed by atoms with van der Waals surface area (Å²) in [6.45, 7) is 1.24. The van der Waals surface area contributed by atoms with Crippen LogP contribution in [0.3, 0.4) is 0 Å². The highest BCUT2D eigenvalue weighted by Crippen LogP contribution is 2.35. The number of hydrogen-bond acceptors (Lipinski definition) is 4. The Bertz CT molecular complexity index is 708. The molecule has 0 aromatic heterocycles. The summed E-state index contributed by atoms with van der Waals surface area (Å²) in [6, 6.07) is 8.58. The van der Waals surface area contributed by atoms with Gasteiger partial charge in [-0.15, -0.1) is 0 Å². The molecule has 4 nitrogen and oxygen atoms in total. The summed E-state index contributed by atoms with van der Waals surface area (Å²) in [6.07, 6.45) is 0. The van der Waals surface area contributed by atoms with Gasteiger partial charge in [-0.05, 0) is 36.4 Å². The fraction of sp³-hybridized carbons (Fsp3) is 0.0667. The van der Waals surface area contributed by atoms with E-state index in [1.165, 1.54) is 43.3 Å². The molecule has 0 fully saturated rings. The number of benzene rings is 2. The minimum Gasteiger partial charge on any atom is -0.508 e. The van der Waals surface area contributed by atoms with Crippen LogP contribution in [0, 0.1) is 0 Å². The molecule has 21 heavy (non-hydrogen) atoms. The molecule has 0 saturated heterocycles. The van der Waals surface area contributed by atoms with Gasteiger partial charge in [0.25, 0.3) is 0 Å². The number of esters is 1. The van der Waals surface area contributed by atoms with E-state index in [0.29, 0.717) is 5.56 Å². The second kappa shape index (κ2) is 6.16. The Labute approximate surface area is 130 Å². The highest BCUT2D eigenvalue weighted by molar-refractivity contribution is 6.45. The molecule has 0 radical (unpaired) electrons. The number of halogens is 2. The molecule has 0 heterocycles. The maximum absolute atomic E-state index is 12.3. The third kappa shape index (κ3) is 3.35. The maximum atomic E-state index is 12.3. The molecule has 0 aliphatic rings. The summed E-state index contributed by atoms with van der Waals surface area (Å²) in [5, 5.41) is 9.23. The Morgan fingerprint density at radius 3 is 2.19 bits per heavy atom. The first-order chi connectivity index (χ1) is 9.90. The van der Waals surface area contributed by atoms with E-state index in [9.17, 15) is 14.7 Å². The van der Waals surface area contributed by atoms with Crippen LogP contribution < -0.4 is 4.74 Å². The number of phenolic OH excluding ortho intramolecular Hbond substituents is 1. The van der Waals surface area contributed by atoms with Gasteiger partial charge in [-0.25, -0.2) is 0 Å². The molecule has 0 unspecified atom stereocenters. The Hall–Kier alpha value is -2.04. The fourth-order valence-corrected chi connectivity index (χ4v) is 2.15. The van der Waals surface area contributed by atoms with E-state index >= 15 is 0 Å². The maximum Gasteiger partial charge on any atom is 0.308 e. The number of carbonyl (C=O) groups is 2. The second-order valence-electron chi connectivity index (χ2n) is 4.21. The average Bonchev–Trinajstić information content (AvgIpc) is 2.44. The molecule has 2 aromatic carbocycles. The predicted octanol–water partition coefficient (Wildman–Crippen LogP) is 3.86. The highest BCUT2D eigenvalue weighted by Gasteiger charge is 2.18. The molecule has 0 saturated carbocycles. The summed E-state index contributed by atoms with van der Waals surface area (Å²) >= 11 is 12.1. The van der Waals surface area contributed by atoms with Crippen molar-refractivity contribution in [3.63, 3.8) is 0 Å². The first-order valence-corrected chi connectivity index (χ1v) is 6.66. The van der Waals surface area contributed by atoms with Gasteiger partial charge < -0.3 is 9.84 Å². The molecule has 0 atom stereocenters. The van der Waals surface area contributed by atoms with Crippen LogP contribution in [0.2, 0.25) is 10.0 Å². The lowest BCUT2D eigenvalue weighted by atomic mass is 10.0. The van der Waals surface area contributed by atoms with Crippen LogP contribution in [-0.4, -0.2) is 16.9 Å². The van der Waals surface area contributed by atoms with Crippen molar-refractivity contribution in [3.05, 3.63) is 57.6 Å². The summed E-state index contributed by atoms with van der Waals surface area (Å²) in [5.41, 5.74) is 0.536. The molecule has 2 aromatic rings. The van der Waals surface area contributed by atoms with Gasteiger partial charge in [0, 0.05) is 18.1 Å². The number of hydrogen-bond donors (Lipinski definition) is 1. The minimum atomic E-state index is -0.537. The number of ketones is 1. The molecule has 1 N–H and O–H groups in total. The first-order valence-electron chi connectivity index (χ1n) is 5.90. The lowest BCUT2D eigenvalue weighted by molar-refractivity contribution is -0.131. The Balaban J connectivity index is 2.40. The number of aromatic hydroxyl groups is 1. The molecule has 0 bridgehead atoms. The van der Waals surface area contributed by atoms with Crippen molar-refractivity contribution in [3.8, 4) is 11.5 Å². The summed E-state index contributed by atoms with van der Waals surface area (Å²) < 4.78 is 4.88. The van der Waals surface area contributed by atoms with E-state index in [2.05, 4.69) is 0 Å². The van der Waals surface area contributed by atoms with Crippen LogP contribution in [0.4, 0.5) is 0 Å². The highest BCUT2D eigenvalue weighted by atomic mass is 35.5. The van der Waals surface area contributed by atoms with Crippen molar-refractivity contribution in [2.24, 2.45) is 0 Å². The molecular formula is C15H10Cl2O4. The zero-order chi connectivity index (χ0) is 15.6. The van der Waals surface area contributed by atoms with Crippen LogP contribution in [0.25, 0.3) is 0 Å². The summed E-state index contributed by atoms with van der Waals surface area (Å²) in [4.78, 5) is 23.3. The van der Waals surface area contributed by atoms with Crippen molar-refractivity contribution in [1.29, 1.82) is 0 Å². The average molecular weight is 325 g/mol. The van der Waals surface area contributed by atoms with Crippen LogP contribution in [0.1, 0.15) is 22.8 Å². The van der Waals surface area contributed by atoms with Gasteiger partial charge in [0.1, 0.15) is 10.8 Å². The third-order valence-electron chi connectivity index (χ3n) is 2.67. The van der Waals surface area contributed by atoms with Gasteiger partial charge in [0.2, 0.25) is 0 Å². The molecule has 0 aliphatic heterocycles. The van der Waals surface area contributed by atoms with Crippen LogP contribution >= 0.6 is 23.2 Å². The standard InChI is InChI=1S/C15H10Cl2O4/c1-8(18)21-12-7-6-11(13(16)14(12)17)15(20)9-2-4-10(19)5-3-9/h2-7,19H,1H3. The number of phenols is 1. The van der Waals surface area contributed by atoms with Crippen molar-refractivity contribution in [2.75, 3.05) is 0 Å². The van der Waals surface area contributed by atoms with E-state index < -0.39 is 5.97 Å². The van der Waals surface area contributed by atoms with Crippen LogP contribution in [0.5, 0.6) is 11.5 Å². The number of ether oxygens (including phenoxy) is 1. The molecule has 6 heteroatoms. The van der Waals surface area contributed by atoms with Gasteiger partial charge in [0.05, 0.1) is 5.02 Å². The van der Waals surface area contributed by atoms with E-state index in [4.69, 9.17) is 27.9 Å². The zero-order valence-electron chi connectivity index (χ0n) is 10.9.